The highest BCUT2D eigenvalue weighted by atomic mass is 16.5. The van der Waals surface area contributed by atoms with Crippen LogP contribution in [0, 0.1) is 0 Å². The highest BCUT2D eigenvalue weighted by molar-refractivity contribution is 5.99. The fourth-order valence-corrected chi connectivity index (χ4v) is 3.68. The first kappa shape index (κ1) is 25.1. The molecule has 2 N–H and O–H groups in total. The molecule has 4 aromatic rings. The maximum Gasteiger partial charge on any atom is 0.269 e. The number of hydrazine groups is 1. The Kier molecular flexibility index (Phi) is 7.89. The summed E-state index contributed by atoms with van der Waals surface area (Å²) in [7, 11) is 3.02. The van der Waals surface area contributed by atoms with E-state index in [0.717, 1.165) is 16.7 Å². The van der Waals surface area contributed by atoms with Gasteiger partial charge in [0, 0.05) is 22.3 Å². The van der Waals surface area contributed by atoms with Crippen LogP contribution in [0.3, 0.4) is 0 Å². The molecule has 37 heavy (non-hydrogen) atoms. The average Bonchev–Trinajstić information content (AvgIpc) is 3.40. The lowest BCUT2D eigenvalue weighted by Gasteiger charge is -2.14. The molecular formula is C27H26N6O4. The molecule has 1 heterocycles. The average molecular weight is 499 g/mol. The number of allylic oxidation sites excluding steroid dienone is 1. The van der Waals surface area contributed by atoms with Gasteiger partial charge in [-0.1, -0.05) is 48.5 Å². The minimum absolute atomic E-state index is 0.306. The van der Waals surface area contributed by atoms with Crippen molar-refractivity contribution in [1.29, 1.82) is 0 Å². The molecule has 0 spiro atoms. The number of rotatable bonds is 9. The largest absolute Gasteiger partial charge is 0.493 e. The van der Waals surface area contributed by atoms with E-state index in [0.29, 0.717) is 41.4 Å². The van der Waals surface area contributed by atoms with Crippen molar-refractivity contribution >= 4 is 11.8 Å². The lowest BCUT2D eigenvalue weighted by Crippen LogP contribution is -2.41. The van der Waals surface area contributed by atoms with Crippen molar-refractivity contribution in [2.45, 2.75) is 13.0 Å². The summed E-state index contributed by atoms with van der Waals surface area (Å²) in [6.07, 6.45) is 2.18. The van der Waals surface area contributed by atoms with Crippen LogP contribution < -0.4 is 20.3 Å². The zero-order valence-corrected chi connectivity index (χ0v) is 20.5. The van der Waals surface area contributed by atoms with Gasteiger partial charge < -0.3 is 9.47 Å². The molecule has 0 saturated carbocycles. The lowest BCUT2D eigenvalue weighted by molar-refractivity contribution is 0.0846. The molecule has 3 aromatic carbocycles. The molecule has 0 unspecified atom stereocenters. The van der Waals surface area contributed by atoms with Crippen molar-refractivity contribution in [3.8, 4) is 22.9 Å². The second-order valence-corrected chi connectivity index (χ2v) is 7.98. The van der Waals surface area contributed by atoms with Crippen LogP contribution in [-0.2, 0) is 13.0 Å². The fraction of sp³-hybridized carbons (Fsp3) is 0.148. The number of carbonyl (C=O) groups excluding carboxylic acids is 2. The van der Waals surface area contributed by atoms with Crippen molar-refractivity contribution in [3.05, 3.63) is 102 Å². The van der Waals surface area contributed by atoms with Crippen molar-refractivity contribution < 1.29 is 19.1 Å². The third-order valence-electron chi connectivity index (χ3n) is 5.50. The van der Waals surface area contributed by atoms with Gasteiger partial charge in [-0.2, -0.15) is 4.80 Å². The summed E-state index contributed by atoms with van der Waals surface area (Å²) in [5.41, 5.74) is 8.06. The van der Waals surface area contributed by atoms with Gasteiger partial charge in [0.2, 0.25) is 5.82 Å². The molecule has 0 aliphatic heterocycles. The van der Waals surface area contributed by atoms with E-state index >= 15 is 0 Å². The first-order valence-corrected chi connectivity index (χ1v) is 11.4. The van der Waals surface area contributed by atoms with Gasteiger partial charge in [-0.05, 0) is 41.5 Å². The molecule has 0 bridgehead atoms. The SMILES string of the molecule is C=CCc1cc(C(=O)NNC(=O)c2ccc(Cn3nnc(-c4ccccc4)n3)cc2)cc(OC)c1OC. The molecule has 0 aliphatic carbocycles. The van der Waals surface area contributed by atoms with E-state index in [1.165, 1.54) is 19.0 Å². The summed E-state index contributed by atoms with van der Waals surface area (Å²) in [5.74, 6) is 0.519. The zero-order chi connectivity index (χ0) is 26.2. The topological polar surface area (TPSA) is 120 Å². The number of amides is 2. The van der Waals surface area contributed by atoms with Crippen LogP contribution in [0.2, 0.25) is 0 Å². The Morgan fingerprint density at radius 1 is 0.946 bits per heavy atom. The normalized spacial score (nSPS) is 10.4. The van der Waals surface area contributed by atoms with Crippen LogP contribution in [0.5, 0.6) is 11.5 Å². The highest BCUT2D eigenvalue weighted by Crippen LogP contribution is 2.33. The number of aromatic nitrogens is 4. The third kappa shape index (κ3) is 5.99. The fourth-order valence-electron chi connectivity index (χ4n) is 3.68. The van der Waals surface area contributed by atoms with Crippen molar-refractivity contribution in [2.24, 2.45) is 0 Å². The van der Waals surface area contributed by atoms with Crippen molar-refractivity contribution in [3.63, 3.8) is 0 Å². The number of hydrogen-bond acceptors (Lipinski definition) is 7. The van der Waals surface area contributed by atoms with Crippen LogP contribution in [0.4, 0.5) is 0 Å². The summed E-state index contributed by atoms with van der Waals surface area (Å²) < 4.78 is 10.7. The Morgan fingerprint density at radius 2 is 1.65 bits per heavy atom. The summed E-state index contributed by atoms with van der Waals surface area (Å²) in [6, 6.07) is 19.7. The lowest BCUT2D eigenvalue weighted by atomic mass is 10.1. The molecule has 188 valence electrons. The third-order valence-corrected chi connectivity index (χ3v) is 5.50. The molecule has 10 heteroatoms. The van der Waals surface area contributed by atoms with Gasteiger partial charge in [-0.3, -0.25) is 20.4 Å². The molecule has 0 aliphatic rings. The predicted octanol–water partition coefficient (Wildman–Crippen LogP) is 3.21. The Bertz CT molecular complexity index is 1400. The van der Waals surface area contributed by atoms with E-state index < -0.39 is 11.8 Å². The monoisotopic (exact) mass is 498 g/mol. The molecule has 0 atom stereocenters. The number of nitrogens with one attached hydrogen (secondary N) is 2. The van der Waals surface area contributed by atoms with Gasteiger partial charge in [0.15, 0.2) is 11.5 Å². The molecule has 10 nitrogen and oxygen atoms in total. The van der Waals surface area contributed by atoms with E-state index in [1.54, 1.807) is 42.5 Å². The molecule has 1 aromatic heterocycles. The second kappa shape index (κ2) is 11.6. The van der Waals surface area contributed by atoms with E-state index in [4.69, 9.17) is 9.47 Å². The maximum absolute atomic E-state index is 12.7. The first-order chi connectivity index (χ1) is 18.0. The molecule has 2 amide bonds. The van der Waals surface area contributed by atoms with Gasteiger partial charge in [0.25, 0.3) is 11.8 Å². The Labute approximate surface area is 213 Å². The zero-order valence-electron chi connectivity index (χ0n) is 20.5. The molecule has 0 saturated heterocycles. The Morgan fingerprint density at radius 3 is 2.30 bits per heavy atom. The van der Waals surface area contributed by atoms with Crippen LogP contribution in [-0.4, -0.2) is 46.2 Å². The number of carbonyl (C=O) groups is 2. The number of nitrogens with zero attached hydrogens (tertiary/aromatic N) is 4. The first-order valence-electron chi connectivity index (χ1n) is 11.4. The Balaban J connectivity index is 1.37. The number of hydrogen-bond donors (Lipinski definition) is 2. The minimum atomic E-state index is -0.497. The van der Waals surface area contributed by atoms with Gasteiger partial charge >= 0.3 is 0 Å². The number of ether oxygens (including phenoxy) is 2. The second-order valence-electron chi connectivity index (χ2n) is 7.98. The molecular weight excluding hydrogens is 472 g/mol. The smallest absolute Gasteiger partial charge is 0.269 e. The van der Waals surface area contributed by atoms with E-state index in [1.807, 2.05) is 30.3 Å². The van der Waals surface area contributed by atoms with E-state index in [9.17, 15) is 9.59 Å². The van der Waals surface area contributed by atoms with Crippen LogP contribution in [0.15, 0.2) is 79.4 Å². The Hall–Kier alpha value is -4.99. The van der Waals surface area contributed by atoms with Crippen molar-refractivity contribution in [1.82, 2.24) is 31.1 Å². The number of benzene rings is 3. The highest BCUT2D eigenvalue weighted by Gasteiger charge is 2.16. The predicted molar refractivity (Wildman–Crippen MR) is 137 cm³/mol. The molecule has 4 rings (SSSR count). The summed E-state index contributed by atoms with van der Waals surface area (Å²) in [5, 5.41) is 12.6. The minimum Gasteiger partial charge on any atom is -0.493 e. The van der Waals surface area contributed by atoms with Crippen LogP contribution in [0.1, 0.15) is 31.8 Å². The summed E-state index contributed by atoms with van der Waals surface area (Å²) >= 11 is 0. The summed E-state index contributed by atoms with van der Waals surface area (Å²) in [4.78, 5) is 26.8. The van der Waals surface area contributed by atoms with Gasteiger partial charge in [-0.15, -0.1) is 16.8 Å². The summed E-state index contributed by atoms with van der Waals surface area (Å²) in [6.45, 7) is 4.13. The van der Waals surface area contributed by atoms with E-state index in [-0.39, 0.29) is 0 Å². The quantitative estimate of drug-likeness (QED) is 0.269. The van der Waals surface area contributed by atoms with Crippen LogP contribution >= 0.6 is 0 Å². The maximum atomic E-state index is 12.7. The van der Waals surface area contributed by atoms with E-state index in [2.05, 4.69) is 32.8 Å². The number of tetrazole rings is 1. The number of methoxy groups -OCH3 is 2. The van der Waals surface area contributed by atoms with Gasteiger partial charge in [0.05, 0.1) is 20.8 Å². The van der Waals surface area contributed by atoms with Gasteiger partial charge in [-0.25, -0.2) is 0 Å². The van der Waals surface area contributed by atoms with Crippen molar-refractivity contribution in [2.75, 3.05) is 14.2 Å². The van der Waals surface area contributed by atoms with Crippen LogP contribution in [0.25, 0.3) is 11.4 Å². The van der Waals surface area contributed by atoms with Gasteiger partial charge in [0.1, 0.15) is 0 Å². The molecule has 0 fully saturated rings. The molecule has 0 radical (unpaired) electrons. The standard InChI is InChI=1S/C27H26N6O4/c1-4-8-21-15-22(16-23(36-2)24(21)37-3)27(35)30-29-26(34)20-13-11-18(12-14-20)17-33-31-25(28-32-33)19-9-6-5-7-10-19/h4-7,9-16H,1,8,17H2,2-3H3,(H,29,34)(H,30,35).